The Labute approximate surface area is 115 Å². The van der Waals surface area contributed by atoms with Crippen molar-refractivity contribution in [2.75, 3.05) is 19.3 Å². The summed E-state index contributed by atoms with van der Waals surface area (Å²) in [6.07, 6.45) is 4.73. The third kappa shape index (κ3) is 4.24. The number of carbonyl (C=O) groups is 1. The zero-order chi connectivity index (χ0) is 13.7. The second kappa shape index (κ2) is 6.57. The molecule has 3 N–H and O–H groups in total. The summed E-state index contributed by atoms with van der Waals surface area (Å²) < 4.78 is 0. The number of hydrogen-bond donors (Lipinski definition) is 2. The van der Waals surface area contributed by atoms with Crippen LogP contribution in [-0.2, 0) is 11.3 Å². The van der Waals surface area contributed by atoms with Gasteiger partial charge in [0.15, 0.2) is 0 Å². The molecule has 0 heterocycles. The molecule has 104 valence electrons. The molecule has 0 radical (unpaired) electrons. The molecule has 0 atom stereocenters. The van der Waals surface area contributed by atoms with Gasteiger partial charge in [-0.3, -0.25) is 9.69 Å². The van der Waals surface area contributed by atoms with Crippen molar-refractivity contribution in [1.82, 2.24) is 10.2 Å². The molecule has 0 aromatic heterocycles. The first kappa shape index (κ1) is 13.9. The fourth-order valence-electron chi connectivity index (χ4n) is 2.61. The number of nitrogens with two attached hydrogens (primary N) is 1. The van der Waals surface area contributed by atoms with Crippen LogP contribution in [0.1, 0.15) is 31.2 Å². The van der Waals surface area contributed by atoms with E-state index in [0.717, 1.165) is 24.1 Å². The third-order valence-corrected chi connectivity index (χ3v) is 3.63. The van der Waals surface area contributed by atoms with Crippen LogP contribution in [0.15, 0.2) is 24.3 Å². The zero-order valence-corrected chi connectivity index (χ0v) is 11.6. The van der Waals surface area contributed by atoms with Crippen molar-refractivity contribution in [1.29, 1.82) is 0 Å². The number of hydrogen-bond acceptors (Lipinski definition) is 3. The minimum Gasteiger partial charge on any atom is -0.398 e. The minimum atomic E-state index is 0.115. The van der Waals surface area contributed by atoms with Crippen molar-refractivity contribution < 1.29 is 4.79 Å². The Hall–Kier alpha value is -1.55. The number of nitrogens with zero attached hydrogens (tertiary/aromatic N) is 1. The van der Waals surface area contributed by atoms with Gasteiger partial charge in [-0.1, -0.05) is 31.0 Å². The average molecular weight is 261 g/mol. The summed E-state index contributed by atoms with van der Waals surface area (Å²) in [6.45, 7) is 1.12. The number of para-hydroxylation sites is 1. The van der Waals surface area contributed by atoms with Crippen LogP contribution >= 0.6 is 0 Å². The quantitative estimate of drug-likeness (QED) is 0.794. The summed E-state index contributed by atoms with van der Waals surface area (Å²) in [5, 5.41) is 3.10. The second-order valence-corrected chi connectivity index (χ2v) is 5.42. The van der Waals surface area contributed by atoms with Gasteiger partial charge in [0.05, 0.1) is 6.54 Å². The van der Waals surface area contributed by atoms with E-state index in [1.165, 1.54) is 12.8 Å². The van der Waals surface area contributed by atoms with Gasteiger partial charge in [0.25, 0.3) is 0 Å². The van der Waals surface area contributed by atoms with Gasteiger partial charge in [0, 0.05) is 18.3 Å². The molecule has 0 saturated heterocycles. The Balaban J connectivity index is 1.78. The molecule has 19 heavy (non-hydrogen) atoms. The normalized spacial score (nSPS) is 15.9. The summed E-state index contributed by atoms with van der Waals surface area (Å²) in [5.41, 5.74) is 7.76. The van der Waals surface area contributed by atoms with E-state index >= 15 is 0 Å². The van der Waals surface area contributed by atoms with E-state index < -0.39 is 0 Å². The third-order valence-electron chi connectivity index (χ3n) is 3.63. The Morgan fingerprint density at radius 2 is 2.05 bits per heavy atom. The minimum absolute atomic E-state index is 0.115. The lowest BCUT2D eigenvalue weighted by molar-refractivity contribution is -0.122. The fraction of sp³-hybridized carbons (Fsp3) is 0.533. The van der Waals surface area contributed by atoms with E-state index in [4.69, 9.17) is 5.73 Å². The van der Waals surface area contributed by atoms with Crippen LogP contribution in [0.5, 0.6) is 0 Å². The molecular formula is C15H23N3O. The molecule has 1 aliphatic rings. The van der Waals surface area contributed by atoms with Crippen LogP contribution in [0.3, 0.4) is 0 Å². The lowest BCUT2D eigenvalue weighted by Gasteiger charge is -2.19. The van der Waals surface area contributed by atoms with Crippen molar-refractivity contribution in [2.24, 2.45) is 0 Å². The van der Waals surface area contributed by atoms with E-state index in [0.29, 0.717) is 19.1 Å². The zero-order valence-electron chi connectivity index (χ0n) is 11.6. The second-order valence-electron chi connectivity index (χ2n) is 5.42. The number of likely N-dealkylation sites (N-methyl/N-ethyl adjacent to an activating group) is 1. The molecule has 0 bridgehead atoms. The standard InChI is InChI=1S/C15H23N3O/c1-18(10-12-6-2-5-9-14(12)16)11-15(19)17-13-7-3-4-8-13/h2,5-6,9,13H,3-4,7-8,10-11,16H2,1H3,(H,17,19). The Morgan fingerprint density at radius 1 is 1.37 bits per heavy atom. The number of rotatable bonds is 5. The van der Waals surface area contributed by atoms with Crippen LogP contribution in [0.2, 0.25) is 0 Å². The van der Waals surface area contributed by atoms with Gasteiger partial charge in [-0.25, -0.2) is 0 Å². The highest BCUT2D eigenvalue weighted by atomic mass is 16.2. The first-order chi connectivity index (χ1) is 9.15. The maximum atomic E-state index is 11.9. The number of carbonyl (C=O) groups excluding carboxylic acids is 1. The highest BCUT2D eigenvalue weighted by molar-refractivity contribution is 5.78. The molecule has 1 aromatic carbocycles. The van der Waals surface area contributed by atoms with Gasteiger partial charge in [-0.05, 0) is 31.5 Å². The molecule has 1 fully saturated rings. The number of amides is 1. The molecular weight excluding hydrogens is 238 g/mol. The SMILES string of the molecule is CN(CC(=O)NC1CCCC1)Cc1ccccc1N. The van der Waals surface area contributed by atoms with Crippen molar-refractivity contribution in [3.63, 3.8) is 0 Å². The van der Waals surface area contributed by atoms with E-state index in [-0.39, 0.29) is 5.91 Å². The van der Waals surface area contributed by atoms with Crippen LogP contribution < -0.4 is 11.1 Å². The topological polar surface area (TPSA) is 58.4 Å². The number of nitrogen functional groups attached to an aromatic ring is 1. The first-order valence-electron chi connectivity index (χ1n) is 6.96. The smallest absolute Gasteiger partial charge is 0.234 e. The van der Waals surface area contributed by atoms with Crippen molar-refractivity contribution in [3.05, 3.63) is 29.8 Å². The number of anilines is 1. The van der Waals surface area contributed by atoms with Gasteiger partial charge >= 0.3 is 0 Å². The maximum absolute atomic E-state index is 11.9. The Kier molecular flexibility index (Phi) is 4.80. The summed E-state index contributed by atoms with van der Waals surface area (Å²) in [5.74, 6) is 0.115. The maximum Gasteiger partial charge on any atom is 0.234 e. The van der Waals surface area contributed by atoms with Gasteiger partial charge in [0.2, 0.25) is 5.91 Å². The molecule has 1 aliphatic carbocycles. The van der Waals surface area contributed by atoms with Crippen molar-refractivity contribution >= 4 is 11.6 Å². The monoisotopic (exact) mass is 261 g/mol. The molecule has 1 aromatic rings. The fourth-order valence-corrected chi connectivity index (χ4v) is 2.61. The van der Waals surface area contributed by atoms with Gasteiger partial charge < -0.3 is 11.1 Å². The summed E-state index contributed by atoms with van der Waals surface area (Å²) in [4.78, 5) is 13.9. The van der Waals surface area contributed by atoms with Crippen LogP contribution in [0, 0.1) is 0 Å². The molecule has 4 heteroatoms. The number of nitrogens with one attached hydrogen (secondary N) is 1. The molecule has 1 saturated carbocycles. The van der Waals surface area contributed by atoms with Crippen LogP contribution in [-0.4, -0.2) is 30.4 Å². The predicted octanol–water partition coefficient (Wildman–Crippen LogP) is 1.76. The van der Waals surface area contributed by atoms with Crippen LogP contribution in [0.25, 0.3) is 0 Å². The van der Waals surface area contributed by atoms with Gasteiger partial charge in [-0.15, -0.1) is 0 Å². The Morgan fingerprint density at radius 3 is 2.74 bits per heavy atom. The summed E-state index contributed by atoms with van der Waals surface area (Å²) >= 11 is 0. The molecule has 0 spiro atoms. The Bertz CT molecular complexity index is 427. The van der Waals surface area contributed by atoms with E-state index in [9.17, 15) is 4.79 Å². The summed E-state index contributed by atoms with van der Waals surface area (Å²) in [7, 11) is 1.95. The van der Waals surface area contributed by atoms with Crippen molar-refractivity contribution in [3.8, 4) is 0 Å². The summed E-state index contributed by atoms with van der Waals surface area (Å²) in [6, 6.07) is 8.18. The number of benzene rings is 1. The highest BCUT2D eigenvalue weighted by Gasteiger charge is 2.17. The largest absolute Gasteiger partial charge is 0.398 e. The van der Waals surface area contributed by atoms with E-state index in [1.54, 1.807) is 0 Å². The van der Waals surface area contributed by atoms with E-state index in [2.05, 4.69) is 5.32 Å². The van der Waals surface area contributed by atoms with Gasteiger partial charge in [-0.2, -0.15) is 0 Å². The first-order valence-corrected chi connectivity index (χ1v) is 6.96. The molecule has 0 unspecified atom stereocenters. The predicted molar refractivity (Wildman–Crippen MR) is 77.6 cm³/mol. The highest BCUT2D eigenvalue weighted by Crippen LogP contribution is 2.17. The van der Waals surface area contributed by atoms with Gasteiger partial charge in [0.1, 0.15) is 0 Å². The van der Waals surface area contributed by atoms with Crippen LogP contribution in [0.4, 0.5) is 5.69 Å². The molecule has 2 rings (SSSR count). The lowest BCUT2D eigenvalue weighted by atomic mass is 10.1. The molecule has 4 nitrogen and oxygen atoms in total. The average Bonchev–Trinajstić information content (AvgIpc) is 2.84. The lowest BCUT2D eigenvalue weighted by Crippen LogP contribution is -2.39. The molecule has 0 aliphatic heterocycles. The molecule has 1 amide bonds. The van der Waals surface area contributed by atoms with E-state index in [1.807, 2.05) is 36.2 Å². The van der Waals surface area contributed by atoms with Crippen molar-refractivity contribution in [2.45, 2.75) is 38.3 Å².